The first kappa shape index (κ1) is 13.1. The van der Waals surface area contributed by atoms with Gasteiger partial charge in [-0.15, -0.1) is 0 Å². The SMILES string of the molecule is CC(NCc1ccc(C(=O)O)c(F)c1)C(N)=O. The molecule has 1 aromatic rings. The second-order valence-corrected chi connectivity index (χ2v) is 3.62. The van der Waals surface area contributed by atoms with Crippen molar-refractivity contribution < 1.29 is 19.1 Å². The molecule has 0 radical (unpaired) electrons. The number of halogens is 1. The molecule has 1 aromatic carbocycles. The Morgan fingerprint density at radius 1 is 1.53 bits per heavy atom. The lowest BCUT2D eigenvalue weighted by Crippen LogP contribution is -2.38. The Hall–Kier alpha value is -1.95. The van der Waals surface area contributed by atoms with E-state index in [1.54, 1.807) is 6.92 Å². The van der Waals surface area contributed by atoms with E-state index in [1.165, 1.54) is 12.1 Å². The van der Waals surface area contributed by atoms with E-state index in [4.69, 9.17) is 10.8 Å². The van der Waals surface area contributed by atoms with Gasteiger partial charge in [-0.25, -0.2) is 9.18 Å². The standard InChI is InChI=1S/C11H13FN2O3/c1-6(10(13)15)14-5-7-2-3-8(11(16)17)9(12)4-7/h2-4,6,14H,5H2,1H3,(H2,13,15)(H,16,17). The summed E-state index contributed by atoms with van der Waals surface area (Å²) in [6.07, 6.45) is 0. The lowest BCUT2D eigenvalue weighted by atomic mass is 10.1. The quantitative estimate of drug-likeness (QED) is 0.698. The van der Waals surface area contributed by atoms with Gasteiger partial charge in [-0.05, 0) is 24.6 Å². The maximum absolute atomic E-state index is 13.3. The zero-order chi connectivity index (χ0) is 13.0. The highest BCUT2D eigenvalue weighted by Crippen LogP contribution is 2.10. The summed E-state index contributed by atoms with van der Waals surface area (Å²) in [6, 6.07) is 3.25. The van der Waals surface area contributed by atoms with Crippen molar-refractivity contribution in [2.45, 2.75) is 19.5 Å². The van der Waals surface area contributed by atoms with Crippen LogP contribution in [0.1, 0.15) is 22.8 Å². The van der Waals surface area contributed by atoms with E-state index in [0.29, 0.717) is 5.56 Å². The van der Waals surface area contributed by atoms with Crippen LogP contribution in [0.4, 0.5) is 4.39 Å². The van der Waals surface area contributed by atoms with Crippen molar-refractivity contribution in [2.75, 3.05) is 0 Å². The van der Waals surface area contributed by atoms with Gasteiger partial charge in [-0.1, -0.05) is 6.07 Å². The molecular formula is C11H13FN2O3. The van der Waals surface area contributed by atoms with Gasteiger partial charge in [0, 0.05) is 6.54 Å². The summed E-state index contributed by atoms with van der Waals surface area (Å²) in [4.78, 5) is 21.3. The summed E-state index contributed by atoms with van der Waals surface area (Å²) in [5.41, 5.74) is 5.20. The normalized spacial score (nSPS) is 12.1. The predicted octanol–water partition coefficient (Wildman–Crippen LogP) is 0.487. The van der Waals surface area contributed by atoms with E-state index in [1.807, 2.05) is 0 Å². The Bertz CT molecular complexity index is 448. The molecule has 0 aliphatic heterocycles. The first-order valence-corrected chi connectivity index (χ1v) is 4.96. The number of primary amides is 1. The van der Waals surface area contributed by atoms with Crippen molar-refractivity contribution >= 4 is 11.9 Å². The van der Waals surface area contributed by atoms with Crippen LogP contribution in [-0.2, 0) is 11.3 Å². The Balaban J connectivity index is 2.71. The topological polar surface area (TPSA) is 92.4 Å². The third kappa shape index (κ3) is 3.53. The molecule has 1 amide bonds. The van der Waals surface area contributed by atoms with Crippen molar-refractivity contribution in [3.8, 4) is 0 Å². The third-order valence-corrected chi connectivity index (χ3v) is 2.30. The van der Waals surface area contributed by atoms with Crippen molar-refractivity contribution in [2.24, 2.45) is 5.73 Å². The first-order chi connectivity index (χ1) is 7.91. The highest BCUT2D eigenvalue weighted by molar-refractivity contribution is 5.87. The summed E-state index contributed by atoms with van der Waals surface area (Å²) in [5.74, 6) is -2.62. The maximum atomic E-state index is 13.3. The molecule has 1 atom stereocenters. The van der Waals surface area contributed by atoms with Crippen LogP contribution < -0.4 is 11.1 Å². The second-order valence-electron chi connectivity index (χ2n) is 3.62. The van der Waals surface area contributed by atoms with Crippen LogP contribution in [0.3, 0.4) is 0 Å². The van der Waals surface area contributed by atoms with Crippen molar-refractivity contribution in [3.05, 3.63) is 35.1 Å². The van der Waals surface area contributed by atoms with Crippen LogP contribution in [-0.4, -0.2) is 23.0 Å². The van der Waals surface area contributed by atoms with Gasteiger partial charge >= 0.3 is 5.97 Å². The van der Waals surface area contributed by atoms with E-state index in [2.05, 4.69) is 5.32 Å². The molecule has 0 saturated carbocycles. The van der Waals surface area contributed by atoms with Crippen molar-refractivity contribution in [1.82, 2.24) is 5.32 Å². The average molecular weight is 240 g/mol. The molecule has 6 heteroatoms. The van der Waals surface area contributed by atoms with Gasteiger partial charge in [0.1, 0.15) is 5.82 Å². The highest BCUT2D eigenvalue weighted by atomic mass is 19.1. The minimum atomic E-state index is -1.31. The zero-order valence-corrected chi connectivity index (χ0v) is 9.24. The van der Waals surface area contributed by atoms with Crippen LogP contribution in [0.2, 0.25) is 0 Å². The molecule has 0 spiro atoms. The number of nitrogens with two attached hydrogens (primary N) is 1. The molecule has 5 nitrogen and oxygen atoms in total. The number of amides is 1. The molecule has 4 N–H and O–H groups in total. The fraction of sp³-hybridized carbons (Fsp3) is 0.273. The number of hydrogen-bond acceptors (Lipinski definition) is 3. The molecule has 0 saturated heterocycles. The minimum absolute atomic E-state index is 0.237. The monoisotopic (exact) mass is 240 g/mol. The van der Waals surface area contributed by atoms with Crippen LogP contribution in [0.15, 0.2) is 18.2 Å². The van der Waals surface area contributed by atoms with Gasteiger partial charge in [-0.3, -0.25) is 4.79 Å². The van der Waals surface area contributed by atoms with E-state index >= 15 is 0 Å². The molecule has 0 heterocycles. The smallest absolute Gasteiger partial charge is 0.338 e. The van der Waals surface area contributed by atoms with Gasteiger partial charge in [0.15, 0.2) is 0 Å². The van der Waals surface area contributed by atoms with Crippen molar-refractivity contribution in [1.29, 1.82) is 0 Å². The number of aromatic carboxylic acids is 1. The van der Waals surface area contributed by atoms with Gasteiger partial charge in [0.05, 0.1) is 11.6 Å². The largest absolute Gasteiger partial charge is 0.478 e. The van der Waals surface area contributed by atoms with E-state index in [-0.39, 0.29) is 12.1 Å². The van der Waals surface area contributed by atoms with Crippen LogP contribution in [0, 0.1) is 5.82 Å². The Labute approximate surface area is 97.4 Å². The van der Waals surface area contributed by atoms with E-state index < -0.39 is 23.7 Å². The predicted molar refractivity (Wildman–Crippen MR) is 58.9 cm³/mol. The van der Waals surface area contributed by atoms with Crippen LogP contribution in [0.25, 0.3) is 0 Å². The summed E-state index contributed by atoms with van der Waals surface area (Å²) in [6.45, 7) is 1.82. The Morgan fingerprint density at radius 3 is 2.65 bits per heavy atom. The molecule has 17 heavy (non-hydrogen) atoms. The lowest BCUT2D eigenvalue weighted by Gasteiger charge is -2.10. The summed E-state index contributed by atoms with van der Waals surface area (Å²) >= 11 is 0. The van der Waals surface area contributed by atoms with Gasteiger partial charge in [0.25, 0.3) is 0 Å². The molecule has 0 fully saturated rings. The summed E-state index contributed by atoms with van der Waals surface area (Å²) in [5, 5.41) is 11.4. The van der Waals surface area contributed by atoms with Crippen molar-refractivity contribution in [3.63, 3.8) is 0 Å². The summed E-state index contributed by atoms with van der Waals surface area (Å²) < 4.78 is 13.3. The second kappa shape index (κ2) is 5.40. The highest BCUT2D eigenvalue weighted by Gasteiger charge is 2.11. The molecule has 1 rings (SSSR count). The minimum Gasteiger partial charge on any atom is -0.478 e. The fourth-order valence-electron chi connectivity index (χ4n) is 1.21. The van der Waals surface area contributed by atoms with Gasteiger partial charge < -0.3 is 16.2 Å². The van der Waals surface area contributed by atoms with Crippen LogP contribution >= 0.6 is 0 Å². The van der Waals surface area contributed by atoms with E-state index in [9.17, 15) is 14.0 Å². The number of rotatable bonds is 5. The molecular weight excluding hydrogens is 227 g/mol. The van der Waals surface area contributed by atoms with Gasteiger partial charge in [0.2, 0.25) is 5.91 Å². The molecule has 0 aliphatic rings. The van der Waals surface area contributed by atoms with Crippen LogP contribution in [0.5, 0.6) is 0 Å². The number of hydrogen-bond donors (Lipinski definition) is 3. The van der Waals surface area contributed by atoms with Gasteiger partial charge in [-0.2, -0.15) is 0 Å². The number of carboxylic acid groups (broad SMARTS) is 1. The first-order valence-electron chi connectivity index (χ1n) is 4.96. The molecule has 0 aliphatic carbocycles. The fourth-order valence-corrected chi connectivity index (χ4v) is 1.21. The number of carbonyl (C=O) groups excluding carboxylic acids is 1. The molecule has 0 aromatic heterocycles. The number of carboxylic acids is 1. The number of nitrogens with one attached hydrogen (secondary N) is 1. The number of benzene rings is 1. The molecule has 92 valence electrons. The molecule has 0 bridgehead atoms. The Morgan fingerprint density at radius 2 is 2.18 bits per heavy atom. The Kier molecular flexibility index (Phi) is 4.17. The maximum Gasteiger partial charge on any atom is 0.338 e. The lowest BCUT2D eigenvalue weighted by molar-refractivity contribution is -0.119. The molecule has 1 unspecified atom stereocenters. The number of carbonyl (C=O) groups is 2. The summed E-state index contributed by atoms with van der Waals surface area (Å²) in [7, 11) is 0. The average Bonchev–Trinajstić information content (AvgIpc) is 2.25. The zero-order valence-electron chi connectivity index (χ0n) is 9.24. The third-order valence-electron chi connectivity index (χ3n) is 2.30. The van der Waals surface area contributed by atoms with E-state index in [0.717, 1.165) is 6.07 Å².